The number of nitrogens with zero attached hydrogens (tertiary/aromatic N) is 2. The van der Waals surface area contributed by atoms with Crippen LogP contribution >= 0.6 is 24.4 Å². The van der Waals surface area contributed by atoms with Crippen molar-refractivity contribution in [2.45, 2.75) is 0 Å². The highest BCUT2D eigenvalue weighted by Crippen LogP contribution is 1.98. The van der Waals surface area contributed by atoms with Crippen molar-refractivity contribution >= 4 is 30.1 Å². The third-order valence-corrected chi connectivity index (χ3v) is 1.98. The van der Waals surface area contributed by atoms with Crippen LogP contribution in [0.15, 0.2) is 24.4 Å². The molecule has 0 spiro atoms. The largest absolute Gasteiger partial charge is 0.307 e. The fourth-order valence-corrected chi connectivity index (χ4v) is 1.49. The average Bonchev–Trinajstić information content (AvgIpc) is 2.04. The highest BCUT2D eigenvalue weighted by atomic mass is 32.1. The molecule has 1 N–H and O–H groups in total. The standard InChI is InChI=1S/C7H5N3S2/c11-6-8-5-3-1-2-4-10(5)7(12)9-6/h1-4H,(H,9,11,12). The normalized spacial score (nSPS) is 10.3. The topological polar surface area (TPSA) is 33.1 Å². The summed E-state index contributed by atoms with van der Waals surface area (Å²) < 4.78 is 2.77. The molecule has 0 radical (unpaired) electrons. The number of nitrogens with one attached hydrogen (secondary N) is 1. The molecule has 0 saturated carbocycles. The maximum Gasteiger partial charge on any atom is 0.201 e. The predicted molar refractivity (Wildman–Crippen MR) is 51.2 cm³/mol. The van der Waals surface area contributed by atoms with Crippen LogP contribution in [0.1, 0.15) is 0 Å². The molecule has 0 bridgehead atoms. The second-order valence-corrected chi connectivity index (χ2v) is 3.05. The summed E-state index contributed by atoms with van der Waals surface area (Å²) >= 11 is 9.92. The van der Waals surface area contributed by atoms with Gasteiger partial charge in [-0.25, -0.2) is 4.98 Å². The maximum atomic E-state index is 5.04. The van der Waals surface area contributed by atoms with Crippen molar-refractivity contribution in [1.82, 2.24) is 14.4 Å². The summed E-state index contributed by atoms with van der Waals surface area (Å²) in [5, 5.41) is 0. The van der Waals surface area contributed by atoms with Crippen molar-refractivity contribution in [2.24, 2.45) is 0 Å². The van der Waals surface area contributed by atoms with E-state index in [-0.39, 0.29) is 0 Å². The molecule has 0 fully saturated rings. The van der Waals surface area contributed by atoms with Crippen LogP contribution in [0.5, 0.6) is 0 Å². The van der Waals surface area contributed by atoms with Crippen molar-refractivity contribution < 1.29 is 0 Å². The number of aromatic nitrogens is 3. The Morgan fingerprint density at radius 2 is 2.17 bits per heavy atom. The minimum absolute atomic E-state index is 0.422. The van der Waals surface area contributed by atoms with Gasteiger partial charge in [0.15, 0.2) is 4.77 Å². The number of rotatable bonds is 0. The Labute approximate surface area is 78.7 Å². The molecular weight excluding hydrogens is 190 g/mol. The molecule has 5 heteroatoms. The predicted octanol–water partition coefficient (Wildman–Crippen LogP) is 2.12. The summed E-state index contributed by atoms with van der Waals surface area (Å²) in [4.78, 5) is 6.89. The molecule has 0 aliphatic heterocycles. The molecular formula is C7H5N3S2. The zero-order valence-electron chi connectivity index (χ0n) is 6.02. The van der Waals surface area contributed by atoms with Crippen LogP contribution < -0.4 is 0 Å². The van der Waals surface area contributed by atoms with Gasteiger partial charge in [-0.1, -0.05) is 6.07 Å². The van der Waals surface area contributed by atoms with Gasteiger partial charge in [0.25, 0.3) is 0 Å². The Morgan fingerprint density at radius 3 is 3.00 bits per heavy atom. The van der Waals surface area contributed by atoms with Crippen LogP contribution in [0.2, 0.25) is 0 Å². The average molecular weight is 195 g/mol. The van der Waals surface area contributed by atoms with E-state index in [0.717, 1.165) is 5.65 Å². The lowest BCUT2D eigenvalue weighted by atomic mass is 10.5. The monoisotopic (exact) mass is 195 g/mol. The van der Waals surface area contributed by atoms with Crippen LogP contribution in [0.4, 0.5) is 0 Å². The fourth-order valence-electron chi connectivity index (χ4n) is 0.981. The summed E-state index contributed by atoms with van der Waals surface area (Å²) in [6.45, 7) is 0. The zero-order valence-corrected chi connectivity index (χ0v) is 7.65. The molecule has 12 heavy (non-hydrogen) atoms. The summed E-state index contributed by atoms with van der Waals surface area (Å²) in [5.74, 6) is 0. The molecule has 0 aliphatic carbocycles. The number of fused-ring (bicyclic) bond motifs is 1. The first-order valence-corrected chi connectivity index (χ1v) is 4.17. The number of hydrogen-bond donors (Lipinski definition) is 1. The molecule has 0 aliphatic rings. The van der Waals surface area contributed by atoms with Crippen molar-refractivity contribution in [3.05, 3.63) is 33.9 Å². The van der Waals surface area contributed by atoms with Crippen LogP contribution in [0, 0.1) is 9.54 Å². The van der Waals surface area contributed by atoms with Gasteiger partial charge in [-0.05, 0) is 36.6 Å². The van der Waals surface area contributed by atoms with Gasteiger partial charge in [0, 0.05) is 6.20 Å². The lowest BCUT2D eigenvalue weighted by Crippen LogP contribution is -1.95. The molecule has 2 rings (SSSR count). The third kappa shape index (κ3) is 1.17. The third-order valence-electron chi connectivity index (χ3n) is 1.49. The van der Waals surface area contributed by atoms with E-state index in [1.165, 1.54) is 0 Å². The summed E-state index contributed by atoms with van der Waals surface area (Å²) in [5.41, 5.74) is 0.770. The van der Waals surface area contributed by atoms with Gasteiger partial charge >= 0.3 is 0 Å². The highest BCUT2D eigenvalue weighted by molar-refractivity contribution is 7.71. The smallest absolute Gasteiger partial charge is 0.201 e. The van der Waals surface area contributed by atoms with E-state index >= 15 is 0 Å². The molecule has 3 nitrogen and oxygen atoms in total. The Balaban J connectivity index is 3.09. The van der Waals surface area contributed by atoms with Gasteiger partial charge in [0.05, 0.1) is 0 Å². The van der Waals surface area contributed by atoms with Gasteiger partial charge in [-0.2, -0.15) is 0 Å². The number of H-pyrrole nitrogens is 1. The van der Waals surface area contributed by atoms with Crippen molar-refractivity contribution in [3.63, 3.8) is 0 Å². The van der Waals surface area contributed by atoms with Gasteiger partial charge < -0.3 is 4.98 Å². The lowest BCUT2D eigenvalue weighted by molar-refractivity contribution is 0.967. The fraction of sp³-hybridized carbons (Fsp3) is 0. The molecule has 2 heterocycles. The van der Waals surface area contributed by atoms with E-state index in [4.69, 9.17) is 24.4 Å². The van der Waals surface area contributed by atoms with Gasteiger partial charge in [0.2, 0.25) is 4.77 Å². The SMILES string of the molecule is S=c1nc2ccccn2c(=S)[nH]1. The van der Waals surface area contributed by atoms with E-state index in [0.29, 0.717) is 9.54 Å². The molecule has 0 aromatic carbocycles. The molecule has 0 unspecified atom stereocenters. The van der Waals surface area contributed by atoms with Crippen molar-refractivity contribution in [3.8, 4) is 0 Å². The van der Waals surface area contributed by atoms with Gasteiger partial charge in [0.1, 0.15) is 5.65 Å². The first-order valence-electron chi connectivity index (χ1n) is 3.35. The number of pyridine rings is 1. The minimum Gasteiger partial charge on any atom is -0.307 e. The van der Waals surface area contributed by atoms with E-state index in [2.05, 4.69) is 9.97 Å². The van der Waals surface area contributed by atoms with Crippen LogP contribution in [-0.4, -0.2) is 14.4 Å². The van der Waals surface area contributed by atoms with Crippen molar-refractivity contribution in [2.75, 3.05) is 0 Å². The molecule has 2 aromatic heterocycles. The first-order chi connectivity index (χ1) is 5.77. The van der Waals surface area contributed by atoms with E-state index < -0.39 is 0 Å². The van der Waals surface area contributed by atoms with E-state index in [1.54, 1.807) is 4.40 Å². The van der Waals surface area contributed by atoms with E-state index in [1.807, 2.05) is 24.4 Å². The lowest BCUT2D eigenvalue weighted by Gasteiger charge is -1.97. The van der Waals surface area contributed by atoms with Crippen LogP contribution in [-0.2, 0) is 0 Å². The van der Waals surface area contributed by atoms with Crippen LogP contribution in [0.25, 0.3) is 5.65 Å². The Kier molecular flexibility index (Phi) is 1.74. The second-order valence-electron chi connectivity index (χ2n) is 2.28. The summed E-state index contributed by atoms with van der Waals surface area (Å²) in [6, 6.07) is 5.65. The van der Waals surface area contributed by atoms with E-state index in [9.17, 15) is 0 Å². The highest BCUT2D eigenvalue weighted by Gasteiger charge is 1.91. The number of hydrogen-bond acceptors (Lipinski definition) is 3. The van der Waals surface area contributed by atoms with Gasteiger partial charge in [-0.3, -0.25) is 4.40 Å². The maximum absolute atomic E-state index is 5.04. The Hall–Kier alpha value is -1.07. The molecule has 0 amide bonds. The Morgan fingerprint density at radius 1 is 1.33 bits per heavy atom. The zero-order chi connectivity index (χ0) is 8.55. The molecule has 2 aromatic rings. The quantitative estimate of drug-likeness (QED) is 0.654. The molecule has 0 saturated heterocycles. The summed E-state index contributed by atoms with van der Waals surface area (Å²) in [7, 11) is 0. The Bertz CT molecular complexity index is 526. The second kappa shape index (κ2) is 2.76. The summed E-state index contributed by atoms with van der Waals surface area (Å²) in [6.07, 6.45) is 1.84. The minimum atomic E-state index is 0.422. The van der Waals surface area contributed by atoms with Gasteiger partial charge in [-0.15, -0.1) is 0 Å². The first kappa shape index (κ1) is 7.57. The van der Waals surface area contributed by atoms with Crippen molar-refractivity contribution in [1.29, 1.82) is 0 Å². The molecule has 60 valence electrons. The molecule has 0 atom stereocenters. The van der Waals surface area contributed by atoms with Crippen LogP contribution in [0.3, 0.4) is 0 Å². The number of aromatic amines is 1.